The number of benzene rings is 1. The van der Waals surface area contributed by atoms with Crippen LogP contribution in [0.1, 0.15) is 37.2 Å². The Balaban J connectivity index is 1.90. The fraction of sp³-hybridized carbons (Fsp3) is 0.600. The minimum absolute atomic E-state index is 0.162. The molecule has 1 aliphatic carbocycles. The highest BCUT2D eigenvalue weighted by atomic mass is 19.1. The van der Waals surface area contributed by atoms with Crippen molar-refractivity contribution in [3.8, 4) is 0 Å². The van der Waals surface area contributed by atoms with Crippen LogP contribution in [-0.4, -0.2) is 26.3 Å². The second kappa shape index (κ2) is 6.86. The van der Waals surface area contributed by atoms with Gasteiger partial charge in [0.2, 0.25) is 0 Å². The van der Waals surface area contributed by atoms with Crippen LogP contribution in [-0.2, 0) is 4.74 Å². The van der Waals surface area contributed by atoms with Gasteiger partial charge in [-0.2, -0.15) is 0 Å². The van der Waals surface area contributed by atoms with Crippen molar-refractivity contribution in [1.29, 1.82) is 0 Å². The summed E-state index contributed by atoms with van der Waals surface area (Å²) < 4.78 is 18.0. The Morgan fingerprint density at radius 1 is 1.33 bits per heavy atom. The van der Waals surface area contributed by atoms with Gasteiger partial charge < -0.3 is 10.1 Å². The molecule has 1 N–H and O–H groups in total. The molecule has 18 heavy (non-hydrogen) atoms. The van der Waals surface area contributed by atoms with Crippen LogP contribution >= 0.6 is 0 Å². The quantitative estimate of drug-likeness (QED) is 0.717. The summed E-state index contributed by atoms with van der Waals surface area (Å²) in [6.07, 6.45) is 4.73. The van der Waals surface area contributed by atoms with Crippen molar-refractivity contribution in [2.24, 2.45) is 0 Å². The Hall–Kier alpha value is -0.930. The summed E-state index contributed by atoms with van der Waals surface area (Å²) in [5.74, 6) is 0.297. The van der Waals surface area contributed by atoms with Crippen molar-refractivity contribution in [2.75, 3.05) is 20.3 Å². The van der Waals surface area contributed by atoms with Crippen molar-refractivity contribution in [1.82, 2.24) is 5.32 Å². The molecular formula is C15H22FNO. The molecule has 0 bridgehead atoms. The van der Waals surface area contributed by atoms with E-state index in [2.05, 4.69) is 5.32 Å². The molecule has 1 aromatic rings. The van der Waals surface area contributed by atoms with Gasteiger partial charge in [-0.25, -0.2) is 4.39 Å². The van der Waals surface area contributed by atoms with E-state index >= 15 is 0 Å². The Morgan fingerprint density at radius 3 is 2.67 bits per heavy atom. The summed E-state index contributed by atoms with van der Waals surface area (Å²) in [6, 6.07) is 7.63. The molecule has 1 atom stereocenters. The first-order chi connectivity index (χ1) is 8.79. The van der Waals surface area contributed by atoms with Crippen LogP contribution in [0.5, 0.6) is 0 Å². The Kier molecular flexibility index (Phi) is 5.14. The topological polar surface area (TPSA) is 21.3 Å². The van der Waals surface area contributed by atoms with Crippen LogP contribution in [0.25, 0.3) is 0 Å². The SMILES string of the molecule is COCCCC(CNC1CC1)c1ccc(F)cc1. The number of hydrogen-bond donors (Lipinski definition) is 1. The lowest BCUT2D eigenvalue weighted by atomic mass is 9.94. The van der Waals surface area contributed by atoms with Crippen LogP contribution in [0.15, 0.2) is 24.3 Å². The highest BCUT2D eigenvalue weighted by Crippen LogP contribution is 2.24. The van der Waals surface area contributed by atoms with Gasteiger partial charge in [-0.15, -0.1) is 0 Å². The fourth-order valence-corrected chi connectivity index (χ4v) is 2.19. The van der Waals surface area contributed by atoms with E-state index in [9.17, 15) is 4.39 Å². The summed E-state index contributed by atoms with van der Waals surface area (Å²) in [5, 5.41) is 3.56. The summed E-state index contributed by atoms with van der Waals surface area (Å²) in [7, 11) is 1.73. The maximum atomic E-state index is 12.9. The van der Waals surface area contributed by atoms with E-state index in [0.717, 1.165) is 32.0 Å². The molecule has 0 saturated heterocycles. The second-order valence-corrected chi connectivity index (χ2v) is 5.07. The second-order valence-electron chi connectivity index (χ2n) is 5.07. The zero-order valence-corrected chi connectivity index (χ0v) is 11.0. The number of rotatable bonds is 8. The van der Waals surface area contributed by atoms with Crippen molar-refractivity contribution < 1.29 is 9.13 Å². The first-order valence-electron chi connectivity index (χ1n) is 6.77. The van der Waals surface area contributed by atoms with Gasteiger partial charge in [0.05, 0.1) is 0 Å². The zero-order valence-electron chi connectivity index (χ0n) is 11.0. The average Bonchev–Trinajstić information content (AvgIpc) is 3.19. The van der Waals surface area contributed by atoms with E-state index < -0.39 is 0 Å². The van der Waals surface area contributed by atoms with Crippen LogP contribution in [0, 0.1) is 5.82 Å². The number of nitrogens with one attached hydrogen (secondary N) is 1. The smallest absolute Gasteiger partial charge is 0.123 e. The first kappa shape index (κ1) is 13.5. The molecule has 0 heterocycles. The lowest BCUT2D eigenvalue weighted by Gasteiger charge is -2.18. The van der Waals surface area contributed by atoms with Gasteiger partial charge in [0.25, 0.3) is 0 Å². The minimum Gasteiger partial charge on any atom is -0.385 e. The summed E-state index contributed by atoms with van der Waals surface area (Å²) in [4.78, 5) is 0. The number of methoxy groups -OCH3 is 1. The molecule has 2 nitrogen and oxygen atoms in total. The van der Waals surface area contributed by atoms with Crippen LogP contribution in [0.4, 0.5) is 4.39 Å². The average molecular weight is 251 g/mol. The van der Waals surface area contributed by atoms with Gasteiger partial charge in [-0.3, -0.25) is 0 Å². The third-order valence-corrected chi connectivity index (χ3v) is 3.47. The predicted molar refractivity (Wildman–Crippen MR) is 71.3 cm³/mol. The molecule has 0 aliphatic heterocycles. The van der Waals surface area contributed by atoms with E-state index in [0.29, 0.717) is 5.92 Å². The van der Waals surface area contributed by atoms with Gasteiger partial charge in [0.15, 0.2) is 0 Å². The molecule has 1 fully saturated rings. The molecule has 0 radical (unpaired) electrons. The molecule has 1 aromatic carbocycles. The molecule has 1 unspecified atom stereocenters. The van der Waals surface area contributed by atoms with Gasteiger partial charge in [0, 0.05) is 26.3 Å². The van der Waals surface area contributed by atoms with E-state index in [1.807, 2.05) is 12.1 Å². The first-order valence-corrected chi connectivity index (χ1v) is 6.77. The number of halogens is 1. The fourth-order valence-electron chi connectivity index (χ4n) is 2.19. The molecule has 2 rings (SSSR count). The van der Waals surface area contributed by atoms with Crippen molar-refractivity contribution >= 4 is 0 Å². The Bertz CT molecular complexity index is 348. The Morgan fingerprint density at radius 2 is 2.06 bits per heavy atom. The van der Waals surface area contributed by atoms with Crippen molar-refractivity contribution in [3.05, 3.63) is 35.6 Å². The normalized spacial score (nSPS) is 16.8. The van der Waals surface area contributed by atoms with Crippen molar-refractivity contribution in [3.63, 3.8) is 0 Å². The number of ether oxygens (including phenoxy) is 1. The summed E-state index contributed by atoms with van der Waals surface area (Å²) in [6.45, 7) is 1.78. The molecule has 3 heteroatoms. The monoisotopic (exact) mass is 251 g/mol. The van der Waals surface area contributed by atoms with E-state index in [-0.39, 0.29) is 5.82 Å². The lowest BCUT2D eigenvalue weighted by Crippen LogP contribution is -2.23. The van der Waals surface area contributed by atoms with Crippen LogP contribution < -0.4 is 5.32 Å². The summed E-state index contributed by atoms with van der Waals surface area (Å²) >= 11 is 0. The molecule has 0 aromatic heterocycles. The van der Waals surface area contributed by atoms with Crippen molar-refractivity contribution in [2.45, 2.75) is 37.6 Å². The molecule has 100 valence electrons. The molecule has 1 aliphatic rings. The van der Waals surface area contributed by atoms with E-state index in [4.69, 9.17) is 4.74 Å². The molecule has 1 saturated carbocycles. The van der Waals surface area contributed by atoms with Crippen LogP contribution in [0.3, 0.4) is 0 Å². The lowest BCUT2D eigenvalue weighted by molar-refractivity contribution is 0.190. The Labute approximate surface area is 109 Å². The molecular weight excluding hydrogens is 229 g/mol. The van der Waals surface area contributed by atoms with E-state index in [1.165, 1.54) is 18.4 Å². The third-order valence-electron chi connectivity index (χ3n) is 3.47. The van der Waals surface area contributed by atoms with Gasteiger partial charge in [0.1, 0.15) is 5.82 Å². The van der Waals surface area contributed by atoms with Crippen LogP contribution in [0.2, 0.25) is 0 Å². The molecule has 0 amide bonds. The van der Waals surface area contributed by atoms with Gasteiger partial charge in [-0.1, -0.05) is 12.1 Å². The predicted octanol–water partition coefficient (Wildman–Crippen LogP) is 3.09. The van der Waals surface area contributed by atoms with Gasteiger partial charge >= 0.3 is 0 Å². The minimum atomic E-state index is -0.162. The largest absolute Gasteiger partial charge is 0.385 e. The third kappa shape index (κ3) is 4.39. The maximum Gasteiger partial charge on any atom is 0.123 e. The maximum absolute atomic E-state index is 12.9. The van der Waals surface area contributed by atoms with Gasteiger partial charge in [-0.05, 0) is 49.3 Å². The highest BCUT2D eigenvalue weighted by molar-refractivity contribution is 5.21. The summed E-state index contributed by atoms with van der Waals surface area (Å²) in [5.41, 5.74) is 1.22. The number of hydrogen-bond acceptors (Lipinski definition) is 2. The standard InChI is InChI=1S/C15H22FNO/c1-18-10-2-3-13(11-17-15-8-9-15)12-4-6-14(16)7-5-12/h4-7,13,15,17H,2-3,8-11H2,1H3. The molecule has 0 spiro atoms. The zero-order chi connectivity index (χ0) is 12.8. The van der Waals surface area contributed by atoms with E-state index in [1.54, 1.807) is 19.2 Å². The highest BCUT2D eigenvalue weighted by Gasteiger charge is 2.22.